The molecule has 0 saturated carbocycles. The van der Waals surface area contributed by atoms with E-state index in [1.807, 2.05) is 0 Å². The van der Waals surface area contributed by atoms with Crippen LogP contribution < -0.4 is 0 Å². The second-order valence-electron chi connectivity index (χ2n) is 2.90. The van der Waals surface area contributed by atoms with Crippen molar-refractivity contribution in [3.63, 3.8) is 0 Å². The largest absolute Gasteiger partial charge is 0.303 e. The normalized spacial score (nSPS) is 20.1. The van der Waals surface area contributed by atoms with Gasteiger partial charge in [0.15, 0.2) is 0 Å². The summed E-state index contributed by atoms with van der Waals surface area (Å²) in [6.07, 6.45) is 5.64. The fourth-order valence-electron chi connectivity index (χ4n) is 1.50. The summed E-state index contributed by atoms with van der Waals surface area (Å²) in [5, 5.41) is 0. The first-order valence-electron chi connectivity index (χ1n) is 4.16. The van der Waals surface area contributed by atoms with Crippen molar-refractivity contribution in [1.82, 2.24) is 4.90 Å². The molecule has 1 radical (unpaired) electrons. The van der Waals surface area contributed by atoms with Crippen LogP contribution in [0.2, 0.25) is 0 Å². The van der Waals surface area contributed by atoms with Gasteiger partial charge in [0.1, 0.15) is 0 Å². The van der Waals surface area contributed by atoms with E-state index < -0.39 is 0 Å². The van der Waals surface area contributed by atoms with E-state index in [0.29, 0.717) is 0 Å². The average Bonchev–Trinajstić information content (AvgIpc) is 1.91. The topological polar surface area (TPSA) is 3.24 Å². The summed E-state index contributed by atoms with van der Waals surface area (Å²) < 4.78 is 0. The Morgan fingerprint density at radius 2 is 1.70 bits per heavy atom. The van der Waals surface area contributed by atoms with Crippen LogP contribution in [0.1, 0.15) is 32.6 Å². The molecule has 2 heteroatoms. The summed E-state index contributed by atoms with van der Waals surface area (Å²) >= 11 is 0. The van der Waals surface area contributed by atoms with Gasteiger partial charge in [-0.2, -0.15) is 0 Å². The van der Waals surface area contributed by atoms with Crippen LogP contribution in [0.5, 0.6) is 0 Å². The smallest absolute Gasteiger partial charge is 0 e. The third-order valence-corrected chi connectivity index (χ3v) is 1.99. The Bertz CT molecular complexity index is 66.9. The molecule has 1 fully saturated rings. The van der Waals surface area contributed by atoms with Crippen LogP contribution in [0.25, 0.3) is 0 Å². The molecule has 1 aliphatic rings. The van der Waals surface area contributed by atoms with E-state index in [1.54, 1.807) is 0 Å². The minimum Gasteiger partial charge on any atom is -0.303 e. The second kappa shape index (κ2) is 6.27. The third-order valence-electron chi connectivity index (χ3n) is 1.99. The molecule has 0 aliphatic carbocycles. The molecule has 1 rings (SSSR count). The zero-order valence-corrected chi connectivity index (χ0v) is 8.24. The van der Waals surface area contributed by atoms with Crippen molar-refractivity contribution in [2.75, 3.05) is 19.6 Å². The minimum atomic E-state index is 0. The van der Waals surface area contributed by atoms with Gasteiger partial charge in [-0.1, -0.05) is 13.3 Å². The van der Waals surface area contributed by atoms with E-state index >= 15 is 0 Å². The van der Waals surface area contributed by atoms with Crippen LogP contribution in [0, 0.1) is 0 Å². The maximum atomic E-state index is 2.57. The van der Waals surface area contributed by atoms with Crippen LogP contribution in [-0.2, 0) is 18.6 Å². The fraction of sp³-hybridized carbons (Fsp3) is 1.00. The Kier molecular flexibility index (Phi) is 6.61. The van der Waals surface area contributed by atoms with Gasteiger partial charge in [0.05, 0.1) is 0 Å². The van der Waals surface area contributed by atoms with Gasteiger partial charge in [-0.25, -0.2) is 0 Å². The maximum Gasteiger partial charge on any atom is 0 e. The number of hydrogen-bond acceptors (Lipinski definition) is 1. The molecular weight excluding hydrogens is 161 g/mol. The van der Waals surface area contributed by atoms with Gasteiger partial charge in [0.2, 0.25) is 0 Å². The predicted molar refractivity (Wildman–Crippen MR) is 40.6 cm³/mol. The number of piperidine rings is 1. The van der Waals surface area contributed by atoms with Crippen LogP contribution in [-0.4, -0.2) is 24.5 Å². The molecule has 0 aromatic heterocycles. The molecule has 0 unspecified atom stereocenters. The van der Waals surface area contributed by atoms with Crippen molar-refractivity contribution in [2.45, 2.75) is 32.6 Å². The van der Waals surface area contributed by atoms with E-state index in [9.17, 15) is 0 Å². The number of likely N-dealkylation sites (tertiary alicyclic amines) is 1. The van der Waals surface area contributed by atoms with Gasteiger partial charge in [0.25, 0.3) is 0 Å². The average molecular weight is 178 g/mol. The van der Waals surface area contributed by atoms with Gasteiger partial charge < -0.3 is 4.90 Å². The Morgan fingerprint density at radius 3 is 2.20 bits per heavy atom. The van der Waals surface area contributed by atoms with E-state index in [1.165, 1.54) is 45.3 Å². The second-order valence-corrected chi connectivity index (χ2v) is 2.90. The van der Waals surface area contributed by atoms with Gasteiger partial charge in [0, 0.05) is 18.6 Å². The maximum absolute atomic E-state index is 2.57. The number of nitrogens with zero attached hydrogens (tertiary/aromatic N) is 1. The summed E-state index contributed by atoms with van der Waals surface area (Å²) in [7, 11) is 0. The van der Waals surface area contributed by atoms with Gasteiger partial charge in [-0.15, -0.1) is 0 Å². The Labute approximate surface area is 76.1 Å². The molecule has 1 nitrogen and oxygen atoms in total. The first kappa shape index (κ1) is 10.5. The van der Waals surface area contributed by atoms with Crippen molar-refractivity contribution in [2.24, 2.45) is 0 Å². The number of hydrogen-bond donors (Lipinski definition) is 0. The Hall–Kier alpha value is 0.544. The number of rotatable bonds is 2. The molecule has 10 heavy (non-hydrogen) atoms. The quantitative estimate of drug-likeness (QED) is 0.624. The predicted octanol–water partition coefficient (Wildman–Crippen LogP) is 1.88. The molecule has 0 spiro atoms. The van der Waals surface area contributed by atoms with Crippen LogP contribution in [0.3, 0.4) is 0 Å². The summed E-state index contributed by atoms with van der Waals surface area (Å²) in [6, 6.07) is 0. The van der Waals surface area contributed by atoms with Crippen molar-refractivity contribution in [3.8, 4) is 0 Å². The molecule has 1 heterocycles. The molecule has 0 aromatic rings. The van der Waals surface area contributed by atoms with Crippen molar-refractivity contribution < 1.29 is 18.6 Å². The third kappa shape index (κ3) is 3.65. The molecule has 0 amide bonds. The van der Waals surface area contributed by atoms with Gasteiger partial charge in [-0.3, -0.25) is 0 Å². The molecule has 1 saturated heterocycles. The van der Waals surface area contributed by atoms with E-state index in [4.69, 9.17) is 0 Å². The molecule has 0 N–H and O–H groups in total. The van der Waals surface area contributed by atoms with E-state index in [2.05, 4.69) is 11.8 Å². The zero-order chi connectivity index (χ0) is 6.53. The molecule has 59 valence electrons. The van der Waals surface area contributed by atoms with E-state index in [-0.39, 0.29) is 18.6 Å². The van der Waals surface area contributed by atoms with Crippen molar-refractivity contribution in [1.29, 1.82) is 0 Å². The Morgan fingerprint density at radius 1 is 1.10 bits per heavy atom. The summed E-state index contributed by atoms with van der Waals surface area (Å²) in [5.74, 6) is 0. The first-order chi connectivity index (χ1) is 4.43. The van der Waals surface area contributed by atoms with Crippen molar-refractivity contribution >= 4 is 0 Å². The van der Waals surface area contributed by atoms with Crippen LogP contribution in [0.4, 0.5) is 0 Å². The summed E-state index contributed by atoms with van der Waals surface area (Å²) in [4.78, 5) is 2.57. The van der Waals surface area contributed by atoms with Crippen LogP contribution >= 0.6 is 0 Å². The molecule has 0 atom stereocenters. The molecule has 0 bridgehead atoms. The van der Waals surface area contributed by atoms with Crippen LogP contribution in [0.15, 0.2) is 0 Å². The van der Waals surface area contributed by atoms with Gasteiger partial charge >= 0.3 is 0 Å². The summed E-state index contributed by atoms with van der Waals surface area (Å²) in [6.45, 7) is 6.29. The molecular formula is C8H17NV. The van der Waals surface area contributed by atoms with E-state index in [0.717, 1.165) is 0 Å². The SMILES string of the molecule is CCCN1CCCCC1.[V]. The monoisotopic (exact) mass is 178 g/mol. The first-order valence-corrected chi connectivity index (χ1v) is 4.16. The fourth-order valence-corrected chi connectivity index (χ4v) is 1.50. The zero-order valence-electron chi connectivity index (χ0n) is 6.84. The molecule has 1 aliphatic heterocycles. The minimum absolute atomic E-state index is 0. The Balaban J connectivity index is 0.000000810. The molecule has 0 aromatic carbocycles. The van der Waals surface area contributed by atoms with Crippen molar-refractivity contribution in [3.05, 3.63) is 0 Å². The summed E-state index contributed by atoms with van der Waals surface area (Å²) in [5.41, 5.74) is 0. The van der Waals surface area contributed by atoms with Gasteiger partial charge in [-0.05, 0) is 38.9 Å². The standard InChI is InChI=1S/C8H17N.V/c1-2-6-9-7-4-3-5-8-9;/h2-8H2,1H3;.